The van der Waals surface area contributed by atoms with E-state index in [9.17, 15) is 8.78 Å². The highest BCUT2D eigenvalue weighted by atomic mass is 19.3. The molecule has 0 aliphatic heterocycles. The van der Waals surface area contributed by atoms with E-state index in [1.54, 1.807) is 6.08 Å². The van der Waals surface area contributed by atoms with Gasteiger partial charge in [0.25, 0.3) is 0 Å². The molecular weight excluding hydrogens is 292 g/mol. The van der Waals surface area contributed by atoms with Gasteiger partial charge in [-0.2, -0.15) is 5.26 Å². The molecule has 0 heterocycles. The predicted molar refractivity (Wildman–Crippen MR) is 89.5 cm³/mol. The van der Waals surface area contributed by atoms with Crippen LogP contribution in [0.5, 0.6) is 0 Å². The van der Waals surface area contributed by atoms with E-state index >= 15 is 0 Å². The van der Waals surface area contributed by atoms with E-state index in [0.29, 0.717) is 5.92 Å². The van der Waals surface area contributed by atoms with Crippen molar-refractivity contribution in [2.75, 3.05) is 0 Å². The highest BCUT2D eigenvalue weighted by Gasteiger charge is 2.21. The molecule has 2 rings (SSSR count). The molecule has 0 radical (unpaired) electrons. The van der Waals surface area contributed by atoms with Gasteiger partial charge < -0.3 is 0 Å². The third-order valence-corrected chi connectivity index (χ3v) is 4.82. The lowest BCUT2D eigenvalue weighted by Crippen LogP contribution is -2.13. The zero-order valence-electron chi connectivity index (χ0n) is 13.6. The third-order valence-electron chi connectivity index (χ3n) is 4.82. The number of nitriles is 1. The number of unbranched alkanes of at least 4 members (excludes halogenated alkanes) is 1. The van der Waals surface area contributed by atoms with Crippen molar-refractivity contribution in [3.63, 3.8) is 0 Å². The molecule has 0 N–H and O–H groups in total. The van der Waals surface area contributed by atoms with Crippen LogP contribution in [0.25, 0.3) is 0 Å². The molecule has 1 aromatic rings. The van der Waals surface area contributed by atoms with Gasteiger partial charge in [-0.05, 0) is 68.1 Å². The summed E-state index contributed by atoms with van der Waals surface area (Å²) in [6, 6.07) is 10.2. The van der Waals surface area contributed by atoms with Gasteiger partial charge in [0.05, 0.1) is 11.6 Å². The van der Waals surface area contributed by atoms with Crippen LogP contribution < -0.4 is 0 Å². The van der Waals surface area contributed by atoms with Gasteiger partial charge in [-0.25, -0.2) is 8.78 Å². The largest absolute Gasteiger partial charge is 0.242 e. The first kappa shape index (κ1) is 17.7. The summed E-state index contributed by atoms with van der Waals surface area (Å²) in [5, 5.41) is 8.85. The summed E-state index contributed by atoms with van der Waals surface area (Å²) in [6.07, 6.45) is 9.35. The predicted octanol–water partition coefficient (Wildman–Crippen LogP) is 6.21. The minimum Gasteiger partial charge on any atom is -0.210 e. The van der Waals surface area contributed by atoms with Crippen LogP contribution in [0.3, 0.4) is 0 Å². The van der Waals surface area contributed by atoms with Crippen LogP contribution in [0.4, 0.5) is 8.78 Å². The zero-order valence-corrected chi connectivity index (χ0v) is 13.6. The fourth-order valence-electron chi connectivity index (χ4n) is 3.46. The lowest BCUT2D eigenvalue weighted by Gasteiger charge is -2.28. The van der Waals surface area contributed by atoms with Crippen LogP contribution in [-0.2, 0) is 0 Å². The van der Waals surface area contributed by atoms with Crippen molar-refractivity contribution in [2.24, 2.45) is 5.92 Å². The van der Waals surface area contributed by atoms with Crippen LogP contribution >= 0.6 is 0 Å². The monoisotopic (exact) mass is 317 g/mol. The zero-order chi connectivity index (χ0) is 16.5. The van der Waals surface area contributed by atoms with Gasteiger partial charge >= 0.3 is 0 Å². The van der Waals surface area contributed by atoms with E-state index in [0.717, 1.165) is 24.3 Å². The van der Waals surface area contributed by atoms with Gasteiger partial charge in [0.1, 0.15) is 0 Å². The van der Waals surface area contributed by atoms with E-state index in [1.165, 1.54) is 37.7 Å². The Morgan fingerprint density at radius 1 is 1.09 bits per heavy atom. The molecule has 1 fully saturated rings. The molecule has 23 heavy (non-hydrogen) atoms. The molecule has 3 heteroatoms. The quantitative estimate of drug-likeness (QED) is 0.433. The Morgan fingerprint density at radius 3 is 2.39 bits per heavy atom. The molecule has 1 aromatic carbocycles. The summed E-state index contributed by atoms with van der Waals surface area (Å²) in [6.45, 7) is 0. The van der Waals surface area contributed by atoms with Crippen molar-refractivity contribution >= 4 is 0 Å². The van der Waals surface area contributed by atoms with Crippen LogP contribution in [0.2, 0.25) is 0 Å². The minimum absolute atomic E-state index is 0.115. The molecular formula is C20H25F2N. The molecule has 1 nitrogen and oxygen atoms in total. The Balaban J connectivity index is 1.65. The second kappa shape index (κ2) is 9.45. The first-order chi connectivity index (χ1) is 11.2. The smallest absolute Gasteiger partial charge is 0.210 e. The van der Waals surface area contributed by atoms with E-state index in [4.69, 9.17) is 5.26 Å². The Morgan fingerprint density at radius 2 is 1.78 bits per heavy atom. The van der Waals surface area contributed by atoms with Gasteiger partial charge in [0.2, 0.25) is 6.43 Å². The van der Waals surface area contributed by atoms with Crippen molar-refractivity contribution in [1.82, 2.24) is 0 Å². The molecule has 0 aromatic heterocycles. The molecule has 0 saturated heterocycles. The molecule has 1 aliphatic carbocycles. The van der Waals surface area contributed by atoms with Crippen LogP contribution in [-0.4, -0.2) is 6.43 Å². The highest BCUT2D eigenvalue weighted by Crippen LogP contribution is 2.37. The molecule has 0 bridgehead atoms. The first-order valence-electron chi connectivity index (χ1n) is 8.62. The fraction of sp³-hybridized carbons (Fsp3) is 0.550. The van der Waals surface area contributed by atoms with Crippen LogP contribution in [0.1, 0.15) is 68.4 Å². The topological polar surface area (TPSA) is 23.8 Å². The number of hydrogen-bond donors (Lipinski definition) is 0. The Kier molecular flexibility index (Phi) is 7.26. The number of alkyl halides is 2. The van der Waals surface area contributed by atoms with Gasteiger partial charge in [-0.15, -0.1) is 0 Å². The highest BCUT2D eigenvalue weighted by molar-refractivity contribution is 5.33. The second-order valence-electron chi connectivity index (χ2n) is 6.48. The Labute approximate surface area is 138 Å². The number of benzene rings is 1. The maximum absolute atomic E-state index is 12.0. The summed E-state index contributed by atoms with van der Waals surface area (Å²) in [5.41, 5.74) is 2.08. The summed E-state index contributed by atoms with van der Waals surface area (Å²) in [4.78, 5) is 0. The van der Waals surface area contributed by atoms with Gasteiger partial charge in [-0.3, -0.25) is 0 Å². The summed E-state index contributed by atoms with van der Waals surface area (Å²) >= 11 is 0. The molecule has 1 aliphatic rings. The summed E-state index contributed by atoms with van der Waals surface area (Å²) < 4.78 is 24.0. The van der Waals surface area contributed by atoms with Crippen molar-refractivity contribution < 1.29 is 8.78 Å². The van der Waals surface area contributed by atoms with E-state index in [-0.39, 0.29) is 6.42 Å². The summed E-state index contributed by atoms with van der Waals surface area (Å²) in [5.74, 6) is 1.41. The van der Waals surface area contributed by atoms with Crippen LogP contribution in [0.15, 0.2) is 36.4 Å². The molecule has 1 saturated carbocycles. The third kappa shape index (κ3) is 6.14. The SMILES string of the molecule is N#Cc1ccc([C@H]2CC[C@H](CCCC=CCC(F)F)CC2)cc1. The van der Waals surface area contributed by atoms with Crippen LogP contribution in [0, 0.1) is 17.2 Å². The number of nitrogens with zero attached hydrogens (tertiary/aromatic N) is 1. The lowest BCUT2D eigenvalue weighted by molar-refractivity contribution is 0.152. The Hall–Kier alpha value is -1.69. The summed E-state index contributed by atoms with van der Waals surface area (Å²) in [7, 11) is 0. The minimum atomic E-state index is -2.22. The van der Waals surface area contributed by atoms with E-state index in [1.807, 2.05) is 18.2 Å². The molecule has 0 unspecified atom stereocenters. The second-order valence-corrected chi connectivity index (χ2v) is 6.48. The molecule has 0 spiro atoms. The van der Waals surface area contributed by atoms with Crippen molar-refractivity contribution in [2.45, 2.75) is 63.7 Å². The van der Waals surface area contributed by atoms with Gasteiger partial charge in [0.15, 0.2) is 0 Å². The molecule has 0 atom stereocenters. The first-order valence-corrected chi connectivity index (χ1v) is 8.62. The number of hydrogen-bond acceptors (Lipinski definition) is 1. The maximum Gasteiger partial charge on any atom is 0.242 e. The van der Waals surface area contributed by atoms with Gasteiger partial charge in [-0.1, -0.05) is 30.7 Å². The molecule has 124 valence electrons. The number of allylic oxidation sites excluding steroid dienone is 2. The van der Waals surface area contributed by atoms with E-state index < -0.39 is 6.43 Å². The fourth-order valence-corrected chi connectivity index (χ4v) is 3.46. The maximum atomic E-state index is 12.0. The van der Waals surface area contributed by atoms with Crippen molar-refractivity contribution in [3.05, 3.63) is 47.5 Å². The lowest BCUT2D eigenvalue weighted by atomic mass is 9.77. The van der Waals surface area contributed by atoms with E-state index in [2.05, 4.69) is 18.2 Å². The normalized spacial score (nSPS) is 21.7. The standard InChI is InChI=1S/C20H25F2N/c21-20(22)6-4-2-1-3-5-16-7-11-18(12-8-16)19-13-9-17(15-23)10-14-19/h2,4,9-10,13-14,16,18,20H,1,3,5-8,11-12H2/t16-,18-. The van der Waals surface area contributed by atoms with Crippen molar-refractivity contribution in [1.29, 1.82) is 5.26 Å². The average Bonchev–Trinajstić information content (AvgIpc) is 2.58. The number of rotatable bonds is 7. The average molecular weight is 317 g/mol. The number of halogens is 2. The van der Waals surface area contributed by atoms with Gasteiger partial charge in [0, 0.05) is 6.42 Å². The Bertz CT molecular complexity index is 520. The van der Waals surface area contributed by atoms with Crippen molar-refractivity contribution in [3.8, 4) is 6.07 Å². The molecule has 0 amide bonds.